The van der Waals surface area contributed by atoms with E-state index in [1.54, 1.807) is 13.2 Å². The maximum absolute atomic E-state index is 14.6. The number of aliphatic carboxylic acids is 1. The summed E-state index contributed by atoms with van der Waals surface area (Å²) in [6.45, 7) is 10.3. The Balaban J connectivity index is 2.45. The molecular formula is C65H108N14O16S. The van der Waals surface area contributed by atoms with Crippen LogP contribution in [0.2, 0.25) is 0 Å². The van der Waals surface area contributed by atoms with Crippen molar-refractivity contribution in [3.05, 3.63) is 29.8 Å². The van der Waals surface area contributed by atoms with Crippen LogP contribution >= 0.6 is 11.8 Å². The van der Waals surface area contributed by atoms with Crippen molar-refractivity contribution in [2.24, 2.45) is 85.8 Å². The molecule has 31 heteroatoms. The Morgan fingerprint density at radius 2 is 1.10 bits per heavy atom. The minimum Gasteiger partial charge on any atom is -0.508 e. The van der Waals surface area contributed by atoms with Crippen molar-refractivity contribution in [1.82, 2.24) is 31.5 Å². The second kappa shape index (κ2) is 44.1. The lowest BCUT2D eigenvalue weighted by atomic mass is 9.87. The number of carbonyl (C=O) groups is 12. The van der Waals surface area contributed by atoms with Crippen LogP contribution in [0.25, 0.3) is 0 Å². The van der Waals surface area contributed by atoms with Crippen LogP contribution in [0.15, 0.2) is 34.3 Å². The van der Waals surface area contributed by atoms with E-state index in [0.29, 0.717) is 31.2 Å². The van der Waals surface area contributed by atoms with Crippen LogP contribution in [0.1, 0.15) is 156 Å². The van der Waals surface area contributed by atoms with Gasteiger partial charge in [-0.3, -0.25) is 67.5 Å². The van der Waals surface area contributed by atoms with E-state index in [-0.39, 0.29) is 137 Å². The van der Waals surface area contributed by atoms with Crippen LogP contribution in [-0.4, -0.2) is 195 Å². The van der Waals surface area contributed by atoms with E-state index in [4.69, 9.17) is 34.4 Å². The number of aliphatic hydroxyl groups is 2. The van der Waals surface area contributed by atoms with Gasteiger partial charge in [-0.2, -0.15) is 11.8 Å². The van der Waals surface area contributed by atoms with E-state index in [1.165, 1.54) is 47.9 Å². The number of unbranched alkanes of at least 4 members (excludes halogenated alkanes) is 1. The largest absolute Gasteiger partial charge is 0.508 e. The number of nitrogens with two attached hydrogens (primary N) is 6. The molecule has 96 heavy (non-hydrogen) atoms. The number of nitrogens with zero attached hydrogens (tertiary/aromatic N) is 3. The number of nitrogens with one attached hydrogen (secondary N) is 5. The maximum atomic E-state index is 14.6. The summed E-state index contributed by atoms with van der Waals surface area (Å²) in [5.74, 6) is -14.9. The minimum atomic E-state index is -1.85. The summed E-state index contributed by atoms with van der Waals surface area (Å²) >= 11 is 1.30. The van der Waals surface area contributed by atoms with E-state index < -0.39 is 163 Å². The van der Waals surface area contributed by atoms with E-state index in [9.17, 15) is 78.0 Å². The molecule has 1 saturated heterocycles. The molecule has 2 rings (SSSR count). The maximum Gasteiger partial charge on any atom is 0.305 e. The molecule has 0 unspecified atom stereocenters. The van der Waals surface area contributed by atoms with Crippen molar-refractivity contribution in [3.63, 3.8) is 0 Å². The molecule has 21 N–H and O–H groups in total. The molecule has 0 aliphatic carbocycles. The number of aromatic hydroxyl groups is 1. The number of ketones is 4. The zero-order valence-electron chi connectivity index (χ0n) is 56.8. The monoisotopic (exact) mass is 1370 g/mol. The number of rotatable bonds is 49. The molecule has 1 heterocycles. The number of carbonyl (C=O) groups excluding carboxylic acids is 11. The highest BCUT2D eigenvalue weighted by Crippen LogP contribution is 2.28. The fraction of sp³-hybridized carbons (Fsp3) is 0.692. The second-order valence-electron chi connectivity index (χ2n) is 25.8. The highest BCUT2D eigenvalue weighted by atomic mass is 32.2. The molecule has 0 aromatic heterocycles. The Kier molecular flexibility index (Phi) is 38.8. The molecule has 0 radical (unpaired) electrons. The molecular weight excluding hydrogens is 1260 g/mol. The van der Waals surface area contributed by atoms with E-state index in [1.807, 2.05) is 27.7 Å². The number of hydrogen-bond donors (Lipinski definition) is 15. The van der Waals surface area contributed by atoms with Crippen LogP contribution in [-0.2, 0) is 64.0 Å². The van der Waals surface area contributed by atoms with Gasteiger partial charge in [0.05, 0.1) is 43.2 Å². The van der Waals surface area contributed by atoms with Crippen molar-refractivity contribution in [2.75, 3.05) is 44.8 Å². The number of hydrogen-bond acceptors (Lipinski definition) is 19. The number of benzene rings is 1. The molecule has 540 valence electrons. The van der Waals surface area contributed by atoms with Crippen molar-refractivity contribution >= 4 is 94.1 Å². The lowest BCUT2D eigenvalue weighted by Crippen LogP contribution is -2.57. The number of phenols is 1. The smallest absolute Gasteiger partial charge is 0.305 e. The molecule has 0 saturated carbocycles. The highest BCUT2D eigenvalue weighted by Gasteiger charge is 2.41. The first-order valence-corrected chi connectivity index (χ1v) is 34.4. The molecule has 0 spiro atoms. The third-order valence-electron chi connectivity index (χ3n) is 16.7. The first-order valence-electron chi connectivity index (χ1n) is 33.0. The van der Waals surface area contributed by atoms with Gasteiger partial charge in [0.1, 0.15) is 29.7 Å². The quantitative estimate of drug-likeness (QED) is 0.0226. The summed E-state index contributed by atoms with van der Waals surface area (Å²) in [7, 11) is 0. The second-order valence-corrected chi connectivity index (χ2v) is 26.8. The summed E-state index contributed by atoms with van der Waals surface area (Å²) in [4.78, 5) is 176. The summed E-state index contributed by atoms with van der Waals surface area (Å²) < 4.78 is 0. The standard InChI is InChI=1S/C65H108N14O16S/c1-36(2)27-38(5)52(83)32-43(15-11-24-73-65(70)71)63(95)79-25-12-16-51(79)62(94)78-50(35-80)61(93)74-46(21-26-96-7)55(86)33-45(39(6)81)60(92)76-48(34-56(87)88)54(85)30-41(13-8-9-22-66)58(90)75-47(29-40-17-19-44(82)20-18-40)53(84)31-42(14-10-23-72-64(68)69)59(91)77-49(57(67)89)28-37(3)4/h17-20,36-39,41-43,45-51,80-82H,8-16,21-35,66H2,1-7H3,(H2,67,89)(H,74,93)(H,75,90)(H,76,92)(H,77,91)(H,78,94)(H,87,88)(H4,68,69,72)(H4,70,71,73)/t38-,39+,41+,42+,43+,45-,46-,47-,48-,49-,50-,51-/m0/s1. The number of phenolic OH excluding ortho intramolecular Hbond substituents is 1. The van der Waals surface area contributed by atoms with Gasteiger partial charge in [-0.05, 0) is 132 Å². The van der Waals surface area contributed by atoms with E-state index in [0.717, 1.165) is 0 Å². The third-order valence-corrected chi connectivity index (χ3v) is 17.3. The number of guanidine groups is 2. The fourth-order valence-electron chi connectivity index (χ4n) is 11.4. The number of likely N-dealkylation sites (tertiary alicyclic amines) is 1. The van der Waals surface area contributed by atoms with Crippen LogP contribution in [0.5, 0.6) is 5.75 Å². The number of primary amides is 1. The Labute approximate surface area is 567 Å². The molecule has 1 fully saturated rings. The molecule has 7 amide bonds. The van der Waals surface area contributed by atoms with Crippen LogP contribution in [0, 0.1) is 41.4 Å². The Morgan fingerprint density at radius 3 is 1.61 bits per heavy atom. The summed E-state index contributed by atoms with van der Waals surface area (Å²) in [5, 5.41) is 54.4. The average Bonchev–Trinajstić information content (AvgIpc) is 1.60. The SMILES string of the molecule is CSCC[C@H](NC(=O)[C@H](CO)NC(=O)[C@@H]1CCCN1C(=O)[C@H](CCCN=C(N)N)CC(=O)[C@@H](C)CC(C)C)C(=O)C[C@H](C(=O)N[C@@H](CC(=O)O)C(=O)C[C@@H](CCCCN)C(=O)N[C@@H](Cc1ccc(O)cc1)C(=O)C[C@@H](CCCN=C(N)N)C(=O)N[C@@H](CC(C)C)C(N)=O)[C@@H](C)O. The number of thioether (sulfide) groups is 1. The predicted octanol–water partition coefficient (Wildman–Crippen LogP) is -0.298. The molecule has 0 bridgehead atoms. The predicted molar refractivity (Wildman–Crippen MR) is 363 cm³/mol. The van der Waals surface area contributed by atoms with E-state index >= 15 is 0 Å². The van der Waals surface area contributed by atoms with Gasteiger partial charge in [-0.25, -0.2) is 0 Å². The van der Waals surface area contributed by atoms with Gasteiger partial charge >= 0.3 is 5.97 Å². The zero-order chi connectivity index (χ0) is 72.4. The number of Topliss-reactive ketones (excluding diaryl/α,β-unsaturated/α-hetero) is 4. The number of amides is 7. The fourth-order valence-corrected chi connectivity index (χ4v) is 11.9. The molecule has 30 nitrogen and oxygen atoms in total. The molecule has 12 atom stereocenters. The van der Waals surface area contributed by atoms with Crippen LogP contribution in [0.4, 0.5) is 0 Å². The molecule has 1 aromatic carbocycles. The first-order chi connectivity index (χ1) is 45.2. The summed E-state index contributed by atoms with van der Waals surface area (Å²) in [6.07, 6.45) is -0.292. The lowest BCUT2D eigenvalue weighted by molar-refractivity contribution is -0.144. The molecule has 1 aliphatic heterocycles. The van der Waals surface area contributed by atoms with Gasteiger partial charge < -0.3 is 86.3 Å². The van der Waals surface area contributed by atoms with Gasteiger partial charge in [0.2, 0.25) is 41.4 Å². The van der Waals surface area contributed by atoms with Crippen LogP contribution in [0.3, 0.4) is 0 Å². The van der Waals surface area contributed by atoms with Gasteiger partial charge in [0.15, 0.2) is 29.3 Å². The van der Waals surface area contributed by atoms with Crippen molar-refractivity contribution in [3.8, 4) is 5.75 Å². The number of aliphatic imine (C=N–C) groups is 2. The normalized spacial score (nSPS) is 16.4. The molecule has 1 aliphatic rings. The number of carboxylic acid groups (broad SMARTS) is 1. The first kappa shape index (κ1) is 84.3. The van der Waals surface area contributed by atoms with Gasteiger partial charge in [-0.15, -0.1) is 0 Å². The van der Waals surface area contributed by atoms with E-state index in [2.05, 4.69) is 36.6 Å². The van der Waals surface area contributed by atoms with Gasteiger partial charge in [0.25, 0.3) is 0 Å². The Morgan fingerprint density at radius 1 is 0.594 bits per heavy atom. The minimum absolute atomic E-state index is 0.0260. The van der Waals surface area contributed by atoms with Gasteiger partial charge in [-0.1, -0.05) is 53.2 Å². The third kappa shape index (κ3) is 31.4. The summed E-state index contributed by atoms with van der Waals surface area (Å²) in [5.41, 5.74) is 33.9. The van der Waals surface area contributed by atoms with Crippen molar-refractivity contribution in [2.45, 2.75) is 199 Å². The van der Waals surface area contributed by atoms with Crippen LogP contribution < -0.4 is 61.0 Å². The van der Waals surface area contributed by atoms with Gasteiger partial charge in [0, 0.05) is 69.0 Å². The van der Waals surface area contributed by atoms with Crippen molar-refractivity contribution < 1.29 is 78.0 Å². The highest BCUT2D eigenvalue weighted by molar-refractivity contribution is 7.98. The Hall–Kier alpha value is -7.77. The average molecular weight is 1370 g/mol. The lowest BCUT2D eigenvalue weighted by Gasteiger charge is -2.30. The topological polar surface area (TPSA) is 530 Å². The Bertz CT molecular complexity index is 2800. The van der Waals surface area contributed by atoms with Crippen molar-refractivity contribution in [1.29, 1.82) is 0 Å². The number of carboxylic acids is 1. The summed E-state index contributed by atoms with van der Waals surface area (Å²) in [6, 6.07) is -2.70. The zero-order valence-corrected chi connectivity index (χ0v) is 57.6. The number of aliphatic hydroxyl groups excluding tert-OH is 2. The molecule has 1 aromatic rings.